The van der Waals surface area contributed by atoms with Crippen LogP contribution in [-0.4, -0.2) is 248 Å². The van der Waals surface area contributed by atoms with Gasteiger partial charge in [0.05, 0.1) is 50.4 Å². The summed E-state index contributed by atoms with van der Waals surface area (Å²) in [5.74, 6) is -2.53. The van der Waals surface area contributed by atoms with Gasteiger partial charge in [0, 0.05) is 119 Å². The number of anilines is 3. The Labute approximate surface area is 651 Å². The summed E-state index contributed by atoms with van der Waals surface area (Å²) >= 11 is 6.69. The minimum absolute atomic E-state index is 0.0114. The fourth-order valence-electron chi connectivity index (χ4n) is 12.2. The van der Waals surface area contributed by atoms with Gasteiger partial charge in [-0.2, -0.15) is 0 Å². The second-order valence-corrected chi connectivity index (χ2v) is 27.2. The molecule has 594 valence electrons. The van der Waals surface area contributed by atoms with E-state index in [0.29, 0.717) is 44.8 Å². The molecule has 32 nitrogen and oxygen atoms in total. The number of likely N-dealkylation sites (N-methyl/N-ethyl adjacent to an activating group) is 3. The lowest BCUT2D eigenvalue weighted by Crippen LogP contribution is -2.51. The number of hydrogen-bond acceptors (Lipinski definition) is 22. The summed E-state index contributed by atoms with van der Waals surface area (Å²) in [5.41, 5.74) is 4.80. The van der Waals surface area contributed by atoms with E-state index >= 15 is 0 Å². The van der Waals surface area contributed by atoms with Crippen LogP contribution in [0, 0.1) is 12.8 Å². The molecule has 0 radical (unpaired) electrons. The molecule has 4 heterocycles. The molecule has 33 heteroatoms. The summed E-state index contributed by atoms with van der Waals surface area (Å²) in [6, 6.07) is 27.7. The van der Waals surface area contributed by atoms with Crippen molar-refractivity contribution in [1.82, 2.24) is 44.1 Å². The van der Waals surface area contributed by atoms with Gasteiger partial charge in [-0.25, -0.2) is 29.0 Å². The first kappa shape index (κ1) is 83.9. The Morgan fingerprint density at radius 2 is 1.27 bits per heavy atom. The van der Waals surface area contributed by atoms with Gasteiger partial charge in [0.15, 0.2) is 0 Å². The monoisotopic (exact) mass is 1560 g/mol. The number of phenols is 1. The van der Waals surface area contributed by atoms with Gasteiger partial charge in [-0.05, 0) is 122 Å². The maximum Gasteiger partial charge on any atom is 0.508 e. The first-order valence-electron chi connectivity index (χ1n) is 36.0. The number of ether oxygens (including phenoxy) is 8. The number of phenolic OH excluding ortho intramolecular Hbond substituents is 1. The second-order valence-electron chi connectivity index (χ2n) is 26.8. The fourth-order valence-corrected chi connectivity index (χ4v) is 12.4. The van der Waals surface area contributed by atoms with Gasteiger partial charge < -0.3 is 87.9 Å². The highest BCUT2D eigenvalue weighted by Crippen LogP contribution is 2.47. The number of carbonyl (C=O) groups excluding carboxylic acids is 11. The van der Waals surface area contributed by atoms with E-state index in [0.717, 1.165) is 33.6 Å². The maximum absolute atomic E-state index is 14.7. The molecule has 2 aliphatic heterocycles. The minimum Gasteiger partial charge on any atom is -0.508 e. The molecule has 0 bridgehead atoms. The van der Waals surface area contributed by atoms with E-state index < -0.39 is 72.1 Å². The zero-order valence-electron chi connectivity index (χ0n) is 63.4. The van der Waals surface area contributed by atoms with Crippen molar-refractivity contribution in [3.63, 3.8) is 0 Å². The van der Waals surface area contributed by atoms with Gasteiger partial charge in [-0.3, -0.25) is 38.6 Å². The van der Waals surface area contributed by atoms with Crippen LogP contribution in [0.2, 0.25) is 0 Å². The van der Waals surface area contributed by atoms with Crippen LogP contribution in [0.4, 0.5) is 41.0 Å². The summed E-state index contributed by atoms with van der Waals surface area (Å²) in [4.78, 5) is 159. The van der Waals surface area contributed by atoms with Gasteiger partial charge in [0.1, 0.15) is 61.1 Å². The highest BCUT2D eigenvalue weighted by molar-refractivity contribution is 6.19. The van der Waals surface area contributed by atoms with Crippen LogP contribution in [0.5, 0.6) is 17.2 Å². The number of imide groups is 1. The third kappa shape index (κ3) is 22.8. The van der Waals surface area contributed by atoms with Gasteiger partial charge in [0.25, 0.3) is 23.6 Å². The Hall–Kier alpha value is -12.1. The van der Waals surface area contributed by atoms with E-state index in [1.165, 1.54) is 81.1 Å². The van der Waals surface area contributed by atoms with E-state index in [1.807, 2.05) is 32.9 Å². The molecular weight excluding hydrogens is 1470 g/mol. The van der Waals surface area contributed by atoms with Gasteiger partial charge in [-0.1, -0.05) is 69.0 Å². The van der Waals surface area contributed by atoms with Crippen molar-refractivity contribution in [2.45, 2.75) is 58.9 Å². The van der Waals surface area contributed by atoms with Crippen molar-refractivity contribution in [2.75, 3.05) is 142 Å². The standard InChI is InChI=1S/C79H91ClN12O20/c1-10-37-107-79(104)108-42-41-106-39-35-88(32-30-86(8)75(100)109-48-53-14-20-57(21-15-53)82-71(96)52(5)81-73(98)70(50(2)3)85(6)7)77(102)111-60-25-16-54(17-26-60)49-110-76(101)87(9)31-33-89(34-38-105-40-36-91-66(94)28-29-67(91)95)78(103)112-64-43-63-69(68-51(4)12-11-13-61(64)68)56(44-80)45-92(63)74(99)62-47-90-46-58(22-27-65(90)84-62)83-72(97)55-18-23-59(93)24-19-55/h10-29,43,46-47,50,52,56,70,93H,1,30-42,44-45,48-49H2,2-9H3,(H,81,98)(H,82,96)(H,83,97)/t52-,56+,70-/m0/s1. The number of benzene rings is 5. The fraction of sp³-hybridized carbons (Fsp3) is 0.367. The van der Waals surface area contributed by atoms with Crippen LogP contribution >= 0.6 is 11.6 Å². The number of aromatic nitrogens is 2. The maximum atomic E-state index is 14.7. The van der Waals surface area contributed by atoms with Crippen molar-refractivity contribution in [3.8, 4) is 17.2 Å². The Balaban J connectivity index is 0.808. The van der Waals surface area contributed by atoms with Crippen LogP contribution in [0.3, 0.4) is 0 Å². The number of aromatic hydroxyl groups is 1. The lowest BCUT2D eigenvalue weighted by atomic mass is 9.92. The van der Waals surface area contributed by atoms with Gasteiger partial charge in [-0.15, -0.1) is 11.6 Å². The Bertz CT molecular complexity index is 4570. The van der Waals surface area contributed by atoms with Crippen LogP contribution in [0.1, 0.15) is 69.8 Å². The predicted molar refractivity (Wildman–Crippen MR) is 412 cm³/mol. The normalized spacial score (nSPS) is 13.5. The van der Waals surface area contributed by atoms with Crippen LogP contribution in [0.15, 0.2) is 146 Å². The first-order chi connectivity index (χ1) is 53.7. The van der Waals surface area contributed by atoms with E-state index in [1.54, 1.807) is 103 Å². The molecule has 112 heavy (non-hydrogen) atoms. The van der Waals surface area contributed by atoms with Crippen molar-refractivity contribution < 1.29 is 95.7 Å². The Morgan fingerprint density at radius 1 is 0.661 bits per heavy atom. The third-order valence-corrected chi connectivity index (χ3v) is 18.5. The average Bonchev–Trinajstić information content (AvgIpc) is 1.51. The third-order valence-electron chi connectivity index (χ3n) is 18.1. The quantitative estimate of drug-likeness (QED) is 0.00709. The lowest BCUT2D eigenvalue weighted by molar-refractivity contribution is -0.137. The van der Waals surface area contributed by atoms with E-state index in [9.17, 15) is 57.8 Å². The zero-order valence-corrected chi connectivity index (χ0v) is 64.2. The summed E-state index contributed by atoms with van der Waals surface area (Å²) in [6.07, 6.45) is 2.80. The number of aryl methyl sites for hydroxylation is 1. The van der Waals surface area contributed by atoms with E-state index in [-0.39, 0.29) is 152 Å². The molecule has 0 saturated heterocycles. The lowest BCUT2D eigenvalue weighted by Gasteiger charge is -2.28. The molecule has 3 atom stereocenters. The second kappa shape index (κ2) is 40.0. The number of hydrogen-bond donors (Lipinski definition) is 4. The molecule has 0 aliphatic carbocycles. The van der Waals surface area contributed by atoms with Crippen molar-refractivity contribution in [3.05, 3.63) is 180 Å². The molecule has 4 N–H and O–H groups in total. The van der Waals surface area contributed by atoms with Crippen molar-refractivity contribution in [1.29, 1.82) is 0 Å². The summed E-state index contributed by atoms with van der Waals surface area (Å²) in [5, 5.41) is 19.3. The predicted octanol–water partition coefficient (Wildman–Crippen LogP) is 9.20. The van der Waals surface area contributed by atoms with Gasteiger partial charge in [0.2, 0.25) is 11.8 Å². The SMILES string of the molecule is C=CCOC(=O)OCCOCCN(CCN(C)C(=O)OCc1ccc(NC(=O)[C@H](C)NC(=O)[C@H](C(C)C)N(C)C)cc1)C(=O)Oc1ccc(COC(=O)N(C)CCN(CCOCCN2C(=O)C=CC2=O)C(=O)Oc2cc3c(c4c(C)cccc24)[C@H](CCl)CN3C(=O)c2cn3cc(NC(=O)c4ccc(O)cc4)ccc3n2)cc1. The van der Waals surface area contributed by atoms with Crippen LogP contribution in [0.25, 0.3) is 16.4 Å². The Kier molecular flexibility index (Phi) is 30.0. The average molecular weight is 1560 g/mol. The molecule has 7 aromatic rings. The topological polar surface area (TPSA) is 358 Å². The number of pyridine rings is 1. The minimum atomic E-state index is -0.912. The first-order valence-corrected chi connectivity index (χ1v) is 36.5. The highest BCUT2D eigenvalue weighted by Gasteiger charge is 2.38. The zero-order chi connectivity index (χ0) is 80.7. The number of halogens is 1. The number of nitrogens with one attached hydrogen (secondary N) is 3. The molecule has 0 spiro atoms. The van der Waals surface area contributed by atoms with Crippen LogP contribution < -0.4 is 30.3 Å². The highest BCUT2D eigenvalue weighted by atomic mass is 35.5. The molecule has 2 aromatic heterocycles. The largest absolute Gasteiger partial charge is 0.508 e. The molecule has 0 unspecified atom stereocenters. The van der Waals surface area contributed by atoms with Crippen molar-refractivity contribution in [2.24, 2.45) is 5.92 Å². The number of alkyl halides is 1. The van der Waals surface area contributed by atoms with Crippen LogP contribution in [-0.2, 0) is 60.8 Å². The van der Waals surface area contributed by atoms with Gasteiger partial charge >= 0.3 is 30.5 Å². The molecule has 9 rings (SSSR count). The number of carbonyl (C=O) groups is 11. The summed E-state index contributed by atoms with van der Waals surface area (Å²) in [7, 11) is 6.55. The van der Waals surface area contributed by atoms with Crippen molar-refractivity contribution >= 4 is 111 Å². The van der Waals surface area contributed by atoms with E-state index in [4.69, 9.17) is 49.5 Å². The number of amides is 10. The molecule has 0 fully saturated rings. The number of imidazole rings is 1. The Morgan fingerprint density at radius 3 is 1.88 bits per heavy atom. The molecule has 5 aromatic carbocycles. The number of fused-ring (bicyclic) bond motifs is 4. The molecule has 10 amide bonds. The molecular formula is C79H91ClN12O20. The number of rotatable bonds is 36. The number of nitrogens with zero attached hydrogens (tertiary/aromatic N) is 9. The molecule has 0 saturated carbocycles. The smallest absolute Gasteiger partial charge is 0.508 e. The summed E-state index contributed by atoms with van der Waals surface area (Å²) in [6.45, 7) is 9.78. The molecule has 2 aliphatic rings. The summed E-state index contributed by atoms with van der Waals surface area (Å²) < 4.78 is 46.1. The van der Waals surface area contributed by atoms with E-state index in [2.05, 4.69) is 27.5 Å².